The molecule has 0 aromatic rings. The van der Waals surface area contributed by atoms with Gasteiger partial charge in [-0.1, -0.05) is 0 Å². The minimum absolute atomic E-state index is 0.102. The summed E-state index contributed by atoms with van der Waals surface area (Å²) in [6, 6.07) is 0. The Morgan fingerprint density at radius 1 is 1.47 bits per heavy atom. The summed E-state index contributed by atoms with van der Waals surface area (Å²) in [5, 5.41) is 5.05. The van der Waals surface area contributed by atoms with E-state index in [-0.39, 0.29) is 6.54 Å². The van der Waals surface area contributed by atoms with Crippen LogP contribution in [0.2, 0.25) is 0 Å². The van der Waals surface area contributed by atoms with Crippen LogP contribution in [-0.4, -0.2) is 31.7 Å². The van der Waals surface area contributed by atoms with Crippen LogP contribution in [0, 0.1) is 5.92 Å². The minimum atomic E-state index is -4.76. The minimum Gasteiger partial charge on any atom is -0.348 e. The molecule has 0 aliphatic carbocycles. The third-order valence-corrected chi connectivity index (χ3v) is 2.49. The number of hydrogen-bond acceptors (Lipinski definition) is 2. The second-order valence-electron chi connectivity index (χ2n) is 3.75. The van der Waals surface area contributed by atoms with Gasteiger partial charge in [0.1, 0.15) is 0 Å². The van der Waals surface area contributed by atoms with Gasteiger partial charge in [0.05, 0.1) is 0 Å². The van der Waals surface area contributed by atoms with Crippen molar-refractivity contribution in [2.45, 2.75) is 25.4 Å². The third kappa shape index (κ3) is 4.51. The predicted molar refractivity (Wildman–Crippen MR) is 49.3 cm³/mol. The van der Waals surface area contributed by atoms with Crippen molar-refractivity contribution >= 4 is 5.91 Å². The Balaban J connectivity index is 2.12. The fourth-order valence-corrected chi connectivity index (χ4v) is 1.66. The molecule has 3 nitrogen and oxygen atoms in total. The van der Waals surface area contributed by atoms with Crippen molar-refractivity contribution in [2.75, 3.05) is 19.6 Å². The van der Waals surface area contributed by atoms with E-state index in [1.54, 1.807) is 0 Å². The van der Waals surface area contributed by atoms with Crippen LogP contribution in [0.5, 0.6) is 0 Å². The summed E-state index contributed by atoms with van der Waals surface area (Å²) in [5.41, 5.74) is 0. The van der Waals surface area contributed by atoms with Gasteiger partial charge >= 0.3 is 12.1 Å². The van der Waals surface area contributed by atoms with Gasteiger partial charge in [0.25, 0.3) is 0 Å². The molecule has 1 aliphatic heterocycles. The highest BCUT2D eigenvalue weighted by atomic mass is 19.4. The van der Waals surface area contributed by atoms with Gasteiger partial charge in [-0.15, -0.1) is 0 Å². The largest absolute Gasteiger partial charge is 0.471 e. The Morgan fingerprint density at radius 3 is 2.73 bits per heavy atom. The van der Waals surface area contributed by atoms with Gasteiger partial charge in [-0.25, -0.2) is 0 Å². The summed E-state index contributed by atoms with van der Waals surface area (Å²) in [6.07, 6.45) is -2.08. The van der Waals surface area contributed by atoms with Gasteiger partial charge in [0.2, 0.25) is 0 Å². The van der Waals surface area contributed by atoms with Crippen LogP contribution in [0.4, 0.5) is 13.2 Å². The second-order valence-corrected chi connectivity index (χ2v) is 3.75. The Hall–Kier alpha value is -0.780. The number of nitrogens with one attached hydrogen (secondary N) is 2. The normalized spacial score (nSPS) is 22.5. The number of halogens is 3. The van der Waals surface area contributed by atoms with E-state index in [0.717, 1.165) is 25.9 Å². The molecule has 15 heavy (non-hydrogen) atoms. The van der Waals surface area contributed by atoms with E-state index >= 15 is 0 Å². The quantitative estimate of drug-likeness (QED) is 0.752. The maximum absolute atomic E-state index is 11.8. The van der Waals surface area contributed by atoms with Crippen molar-refractivity contribution in [3.63, 3.8) is 0 Å². The molecule has 1 saturated heterocycles. The number of amides is 1. The first-order valence-corrected chi connectivity index (χ1v) is 5.06. The molecular formula is C9H15F3N2O. The van der Waals surface area contributed by atoms with Crippen molar-refractivity contribution in [3.05, 3.63) is 0 Å². The molecule has 1 heterocycles. The first kappa shape index (κ1) is 12.3. The van der Waals surface area contributed by atoms with E-state index in [1.165, 1.54) is 0 Å². The first-order valence-electron chi connectivity index (χ1n) is 5.06. The van der Waals surface area contributed by atoms with Gasteiger partial charge in [-0.05, 0) is 38.3 Å². The van der Waals surface area contributed by atoms with Crippen LogP contribution >= 0.6 is 0 Å². The smallest absolute Gasteiger partial charge is 0.348 e. The maximum atomic E-state index is 11.8. The molecule has 0 saturated carbocycles. The molecule has 0 bridgehead atoms. The fourth-order valence-electron chi connectivity index (χ4n) is 1.66. The molecule has 6 heteroatoms. The number of carbonyl (C=O) groups excluding carboxylic acids is 1. The Labute approximate surface area is 86.4 Å². The van der Waals surface area contributed by atoms with Crippen molar-refractivity contribution < 1.29 is 18.0 Å². The summed E-state index contributed by atoms with van der Waals surface area (Å²) in [7, 11) is 0. The summed E-state index contributed by atoms with van der Waals surface area (Å²) in [6.45, 7) is 1.91. The molecule has 1 unspecified atom stereocenters. The topological polar surface area (TPSA) is 41.1 Å². The molecule has 1 aliphatic rings. The summed E-state index contributed by atoms with van der Waals surface area (Å²) >= 11 is 0. The SMILES string of the molecule is O=C(NCCC1CCCNC1)C(F)(F)F. The highest BCUT2D eigenvalue weighted by Gasteiger charge is 2.38. The molecule has 88 valence electrons. The lowest BCUT2D eigenvalue weighted by Gasteiger charge is -2.22. The Morgan fingerprint density at radius 2 is 2.20 bits per heavy atom. The van der Waals surface area contributed by atoms with E-state index in [0.29, 0.717) is 12.3 Å². The number of piperidine rings is 1. The van der Waals surface area contributed by atoms with Crippen molar-refractivity contribution in [3.8, 4) is 0 Å². The summed E-state index contributed by atoms with van der Waals surface area (Å²) < 4.78 is 35.4. The van der Waals surface area contributed by atoms with Crippen LogP contribution in [0.15, 0.2) is 0 Å². The molecule has 0 radical (unpaired) electrons. The van der Waals surface area contributed by atoms with Crippen molar-refractivity contribution in [1.82, 2.24) is 10.6 Å². The predicted octanol–water partition coefficient (Wildman–Crippen LogP) is 1.05. The van der Waals surface area contributed by atoms with Gasteiger partial charge < -0.3 is 10.6 Å². The number of carbonyl (C=O) groups is 1. The molecule has 1 atom stereocenters. The average Bonchev–Trinajstić information content (AvgIpc) is 2.18. The van der Waals surface area contributed by atoms with Crippen LogP contribution in [0.1, 0.15) is 19.3 Å². The lowest BCUT2D eigenvalue weighted by Crippen LogP contribution is -2.39. The zero-order chi connectivity index (χ0) is 11.3. The van der Waals surface area contributed by atoms with E-state index in [4.69, 9.17) is 0 Å². The Kier molecular flexibility index (Phi) is 4.38. The monoisotopic (exact) mass is 224 g/mol. The zero-order valence-electron chi connectivity index (χ0n) is 8.36. The van der Waals surface area contributed by atoms with E-state index in [9.17, 15) is 18.0 Å². The molecule has 0 aromatic carbocycles. The summed E-state index contributed by atoms with van der Waals surface area (Å²) in [5.74, 6) is -1.46. The molecule has 0 aromatic heterocycles. The van der Waals surface area contributed by atoms with E-state index in [1.807, 2.05) is 5.32 Å². The van der Waals surface area contributed by atoms with E-state index in [2.05, 4.69) is 5.32 Å². The zero-order valence-corrected chi connectivity index (χ0v) is 8.36. The third-order valence-electron chi connectivity index (χ3n) is 2.49. The van der Waals surface area contributed by atoms with Crippen LogP contribution in [-0.2, 0) is 4.79 Å². The average molecular weight is 224 g/mol. The van der Waals surface area contributed by atoms with Gasteiger partial charge in [0.15, 0.2) is 0 Å². The second kappa shape index (κ2) is 5.34. The lowest BCUT2D eigenvalue weighted by molar-refractivity contribution is -0.173. The molecule has 1 amide bonds. The molecular weight excluding hydrogens is 209 g/mol. The molecule has 2 N–H and O–H groups in total. The van der Waals surface area contributed by atoms with Crippen LogP contribution in [0.25, 0.3) is 0 Å². The fraction of sp³-hybridized carbons (Fsp3) is 0.889. The molecule has 0 spiro atoms. The van der Waals surface area contributed by atoms with Crippen molar-refractivity contribution in [1.29, 1.82) is 0 Å². The lowest BCUT2D eigenvalue weighted by atomic mass is 9.96. The van der Waals surface area contributed by atoms with Crippen molar-refractivity contribution in [2.24, 2.45) is 5.92 Å². The maximum Gasteiger partial charge on any atom is 0.471 e. The van der Waals surface area contributed by atoms with Crippen LogP contribution in [0.3, 0.4) is 0 Å². The number of rotatable bonds is 3. The van der Waals surface area contributed by atoms with E-state index < -0.39 is 12.1 Å². The van der Waals surface area contributed by atoms with Gasteiger partial charge in [0, 0.05) is 6.54 Å². The molecule has 1 rings (SSSR count). The number of alkyl halides is 3. The highest BCUT2D eigenvalue weighted by Crippen LogP contribution is 2.15. The standard InChI is InChI=1S/C9H15F3N2O/c10-9(11,12)8(15)14-5-3-7-2-1-4-13-6-7/h7,13H,1-6H2,(H,14,15). The molecule has 1 fully saturated rings. The highest BCUT2D eigenvalue weighted by molar-refractivity contribution is 5.81. The number of hydrogen-bond donors (Lipinski definition) is 2. The Bertz CT molecular complexity index is 212. The van der Waals surface area contributed by atoms with Gasteiger partial charge in [-0.2, -0.15) is 13.2 Å². The van der Waals surface area contributed by atoms with Gasteiger partial charge in [-0.3, -0.25) is 4.79 Å². The van der Waals surface area contributed by atoms with Crippen LogP contribution < -0.4 is 10.6 Å². The summed E-state index contributed by atoms with van der Waals surface area (Å²) in [4.78, 5) is 10.5. The first-order chi connectivity index (χ1) is 7.00.